The summed E-state index contributed by atoms with van der Waals surface area (Å²) in [5, 5.41) is 12.7. The van der Waals surface area contributed by atoms with Gasteiger partial charge < -0.3 is 14.4 Å². The molecule has 0 saturated heterocycles. The van der Waals surface area contributed by atoms with E-state index >= 15 is 0 Å². The number of aryl methyl sites for hydroxylation is 6. The molecule has 4 heterocycles. The Morgan fingerprint density at radius 1 is 0.943 bits per heavy atom. The number of ether oxygens (including phenoxy) is 1. The van der Waals surface area contributed by atoms with Crippen molar-refractivity contribution in [3.8, 4) is 16.9 Å². The molecular formula is C43H42Cl2N4O4. The first-order valence-corrected chi connectivity index (χ1v) is 18.9. The lowest BCUT2D eigenvalue weighted by molar-refractivity contribution is 0.0698. The first kappa shape index (κ1) is 36.6. The molecule has 10 heteroatoms. The third kappa shape index (κ3) is 6.91. The summed E-state index contributed by atoms with van der Waals surface area (Å²) < 4.78 is 8.45. The number of aromatic carboxylic acids is 1. The van der Waals surface area contributed by atoms with Crippen LogP contribution >= 0.6 is 23.2 Å². The van der Waals surface area contributed by atoms with E-state index in [1.165, 1.54) is 6.07 Å². The molecule has 0 saturated carbocycles. The number of aromatic nitrogens is 4. The molecule has 1 aliphatic rings. The summed E-state index contributed by atoms with van der Waals surface area (Å²) in [6, 6.07) is 15.1. The number of fused-ring (bicyclic) bond motifs is 4. The van der Waals surface area contributed by atoms with Crippen molar-refractivity contribution in [3.63, 3.8) is 0 Å². The number of rotatable bonds is 10. The molecule has 7 rings (SSSR count). The summed E-state index contributed by atoms with van der Waals surface area (Å²) in [4.78, 5) is 40.2. The number of carboxylic acids is 1. The van der Waals surface area contributed by atoms with Crippen molar-refractivity contribution in [2.45, 2.75) is 79.2 Å². The van der Waals surface area contributed by atoms with Crippen LogP contribution in [0.3, 0.4) is 0 Å². The van der Waals surface area contributed by atoms with E-state index in [-0.39, 0.29) is 23.3 Å². The maximum atomic E-state index is 14.6. The second kappa shape index (κ2) is 14.9. The van der Waals surface area contributed by atoms with Crippen LogP contribution < -0.4 is 4.74 Å². The van der Waals surface area contributed by atoms with Gasteiger partial charge in [0, 0.05) is 57.0 Å². The van der Waals surface area contributed by atoms with Crippen molar-refractivity contribution in [1.29, 1.82) is 0 Å². The summed E-state index contributed by atoms with van der Waals surface area (Å²) in [6.07, 6.45) is 7.10. The number of nitrogens with zero attached hydrogens (tertiary/aromatic N) is 4. The van der Waals surface area contributed by atoms with Crippen LogP contribution in [0.25, 0.3) is 32.9 Å². The van der Waals surface area contributed by atoms with Crippen LogP contribution in [-0.4, -0.2) is 43.0 Å². The van der Waals surface area contributed by atoms with Gasteiger partial charge in [-0.3, -0.25) is 9.78 Å². The summed E-state index contributed by atoms with van der Waals surface area (Å²) in [5.74, 6) is 0.0158. The number of pyridine rings is 1. The summed E-state index contributed by atoms with van der Waals surface area (Å²) in [6.45, 7) is 10.6. The third-order valence-electron chi connectivity index (χ3n) is 10.7. The van der Waals surface area contributed by atoms with Crippen LogP contribution in [0, 0.1) is 33.6 Å². The monoisotopic (exact) mass is 748 g/mol. The number of ketones is 1. The average Bonchev–Trinajstić information content (AvgIpc) is 3.39. The highest BCUT2D eigenvalue weighted by Gasteiger charge is 2.34. The SMILES string of the molecule is Cc1cc(OCCCc2c3n(c4c(-c5c(C)ncnc5C)c(Cl)ccc24)[C@H](C)CC(CCc2cccc4c(C(=O)O)ccnc24)CC3=O)cc(C)c1Cl. The van der Waals surface area contributed by atoms with E-state index in [0.717, 1.165) is 85.0 Å². The number of hydrogen-bond donors (Lipinski definition) is 1. The van der Waals surface area contributed by atoms with Gasteiger partial charge >= 0.3 is 5.97 Å². The predicted molar refractivity (Wildman–Crippen MR) is 211 cm³/mol. The minimum absolute atomic E-state index is 0.0133. The fourth-order valence-electron chi connectivity index (χ4n) is 8.30. The molecule has 2 atom stereocenters. The highest BCUT2D eigenvalue weighted by molar-refractivity contribution is 6.35. The number of benzene rings is 3. The van der Waals surface area contributed by atoms with Crippen molar-refractivity contribution in [1.82, 2.24) is 19.5 Å². The van der Waals surface area contributed by atoms with Crippen LogP contribution in [0.15, 0.2) is 61.1 Å². The maximum Gasteiger partial charge on any atom is 0.336 e. The number of carbonyl (C=O) groups is 2. The Morgan fingerprint density at radius 3 is 2.40 bits per heavy atom. The topological polar surface area (TPSA) is 107 Å². The van der Waals surface area contributed by atoms with Gasteiger partial charge in [-0.15, -0.1) is 0 Å². The quantitative estimate of drug-likeness (QED) is 0.139. The average molecular weight is 750 g/mol. The highest BCUT2D eigenvalue weighted by Crippen LogP contribution is 2.45. The molecular weight excluding hydrogens is 707 g/mol. The van der Waals surface area contributed by atoms with Gasteiger partial charge in [-0.05, 0) is 119 Å². The molecule has 0 fully saturated rings. The Hall–Kier alpha value is -4.79. The molecule has 0 amide bonds. The van der Waals surface area contributed by atoms with Crippen molar-refractivity contribution in [2.75, 3.05) is 6.61 Å². The Kier molecular flexibility index (Phi) is 10.3. The number of hydrogen-bond acceptors (Lipinski definition) is 6. The molecule has 0 aliphatic carbocycles. The lowest BCUT2D eigenvalue weighted by Crippen LogP contribution is -2.12. The zero-order valence-corrected chi connectivity index (χ0v) is 32.1. The van der Waals surface area contributed by atoms with Gasteiger partial charge in [-0.2, -0.15) is 0 Å². The molecule has 1 unspecified atom stereocenters. The van der Waals surface area contributed by atoms with E-state index in [1.54, 1.807) is 18.6 Å². The van der Waals surface area contributed by atoms with Gasteiger partial charge in [0.2, 0.25) is 0 Å². The van der Waals surface area contributed by atoms with Gasteiger partial charge in [0.05, 0.1) is 33.9 Å². The fourth-order valence-corrected chi connectivity index (χ4v) is 8.65. The molecule has 0 radical (unpaired) electrons. The summed E-state index contributed by atoms with van der Waals surface area (Å²) in [5.41, 5.74) is 9.93. The lowest BCUT2D eigenvalue weighted by atomic mass is 9.88. The van der Waals surface area contributed by atoms with Crippen LogP contribution in [0.2, 0.25) is 10.0 Å². The lowest BCUT2D eigenvalue weighted by Gasteiger charge is -2.21. The van der Waals surface area contributed by atoms with Gasteiger partial charge in [0.25, 0.3) is 0 Å². The predicted octanol–water partition coefficient (Wildman–Crippen LogP) is 10.7. The largest absolute Gasteiger partial charge is 0.494 e. The summed E-state index contributed by atoms with van der Waals surface area (Å²) in [7, 11) is 0. The van der Waals surface area contributed by atoms with Crippen LogP contribution in [-0.2, 0) is 12.8 Å². The van der Waals surface area contributed by atoms with E-state index in [9.17, 15) is 14.7 Å². The van der Waals surface area contributed by atoms with Crippen molar-refractivity contribution in [2.24, 2.45) is 5.92 Å². The van der Waals surface area contributed by atoms with E-state index < -0.39 is 5.97 Å². The van der Waals surface area contributed by atoms with Crippen molar-refractivity contribution in [3.05, 3.63) is 116 Å². The van der Waals surface area contributed by atoms with E-state index in [1.807, 2.05) is 58.0 Å². The normalized spacial score (nSPS) is 15.9. The van der Waals surface area contributed by atoms with E-state index in [4.69, 9.17) is 27.9 Å². The molecule has 1 N–H and O–H groups in total. The number of carbonyl (C=O) groups excluding carboxylic acids is 1. The Morgan fingerprint density at radius 2 is 1.68 bits per heavy atom. The molecule has 0 spiro atoms. The van der Waals surface area contributed by atoms with Gasteiger partial charge in [0.15, 0.2) is 5.78 Å². The Bertz CT molecular complexity index is 2380. The molecule has 53 heavy (non-hydrogen) atoms. The van der Waals surface area contributed by atoms with Crippen LogP contribution in [0.5, 0.6) is 5.75 Å². The van der Waals surface area contributed by atoms with Gasteiger partial charge in [-0.25, -0.2) is 14.8 Å². The van der Waals surface area contributed by atoms with Crippen LogP contribution in [0.1, 0.15) is 93.1 Å². The highest BCUT2D eigenvalue weighted by atomic mass is 35.5. The van der Waals surface area contributed by atoms with Crippen molar-refractivity contribution >= 4 is 56.8 Å². The maximum absolute atomic E-state index is 14.6. The molecule has 3 aromatic heterocycles. The van der Waals surface area contributed by atoms with Gasteiger partial charge in [0.1, 0.15) is 12.1 Å². The van der Waals surface area contributed by atoms with Crippen molar-refractivity contribution < 1.29 is 19.4 Å². The number of para-hydroxylation sites is 1. The molecule has 8 nitrogen and oxygen atoms in total. The first-order valence-electron chi connectivity index (χ1n) is 18.1. The standard InChI is InChI=1S/C43H42Cl2N4O4/c1-23-18-30(19-24(2)39(23)45)53-17-7-10-32-33-13-14-35(44)38(37-26(4)47-22-48-27(37)5)42(33)49-25(3)20-28(21-36(50)41(32)49)11-12-29-8-6-9-31-34(43(51)52)15-16-46-40(29)31/h6,8-9,13-16,18-19,22,25,28H,7,10-12,17,20-21H2,1-5H3,(H,51,52)/t25-,28?/m1/s1. The molecule has 0 bridgehead atoms. The molecule has 272 valence electrons. The smallest absolute Gasteiger partial charge is 0.336 e. The minimum Gasteiger partial charge on any atom is -0.494 e. The van der Waals surface area contributed by atoms with E-state index in [2.05, 4.69) is 32.5 Å². The number of halogens is 2. The second-order valence-corrected chi connectivity index (χ2v) is 15.1. The van der Waals surface area contributed by atoms with E-state index in [0.29, 0.717) is 48.2 Å². The van der Waals surface area contributed by atoms with Gasteiger partial charge in [-0.1, -0.05) is 47.5 Å². The fraction of sp³-hybridized carbons (Fsp3) is 0.326. The molecule has 3 aromatic carbocycles. The zero-order chi connectivity index (χ0) is 37.6. The number of Topliss-reactive ketones (excluding diaryl/α,β-unsaturated/α-hetero) is 1. The second-order valence-electron chi connectivity index (χ2n) is 14.4. The first-order chi connectivity index (χ1) is 25.4. The van der Waals surface area contributed by atoms with Crippen LogP contribution in [0.4, 0.5) is 0 Å². The number of carboxylic acid groups (broad SMARTS) is 1. The third-order valence-corrected chi connectivity index (χ3v) is 11.6. The molecule has 6 aromatic rings. The Labute approximate surface area is 319 Å². The summed E-state index contributed by atoms with van der Waals surface area (Å²) >= 11 is 13.5. The zero-order valence-electron chi connectivity index (χ0n) is 30.6. The molecule has 1 aliphatic heterocycles. The minimum atomic E-state index is -0.976. The Balaban J connectivity index is 1.25.